The summed E-state index contributed by atoms with van der Waals surface area (Å²) in [5, 5.41) is 5.76. The van der Waals surface area contributed by atoms with Crippen molar-refractivity contribution >= 4 is 28.8 Å². The van der Waals surface area contributed by atoms with Crippen LogP contribution in [0.5, 0.6) is 5.75 Å². The van der Waals surface area contributed by atoms with Crippen molar-refractivity contribution in [2.75, 3.05) is 25.0 Å². The zero-order valence-corrected chi connectivity index (χ0v) is 21.7. The van der Waals surface area contributed by atoms with Crippen LogP contribution in [0.2, 0.25) is 0 Å². The number of hydrogen-bond acceptors (Lipinski definition) is 5. The number of ether oxygens (including phenoxy) is 1. The first kappa shape index (κ1) is 24.9. The van der Waals surface area contributed by atoms with E-state index in [0.717, 1.165) is 47.1 Å². The number of likely N-dealkylation sites (tertiary alicyclic amines) is 1. The Hall–Kier alpha value is -3.19. The summed E-state index contributed by atoms with van der Waals surface area (Å²) in [6.45, 7) is 10.5. The monoisotopic (exact) mass is 491 g/mol. The van der Waals surface area contributed by atoms with Crippen LogP contribution in [-0.2, 0) is 11.2 Å². The Morgan fingerprint density at radius 1 is 1.11 bits per heavy atom. The maximum Gasteiger partial charge on any atom is 0.253 e. The fourth-order valence-electron chi connectivity index (χ4n) is 4.64. The van der Waals surface area contributed by atoms with Crippen LogP contribution in [0, 0.1) is 18.8 Å². The van der Waals surface area contributed by atoms with Crippen LogP contribution < -0.4 is 10.1 Å². The summed E-state index contributed by atoms with van der Waals surface area (Å²) in [4.78, 5) is 32.5. The van der Waals surface area contributed by atoms with Crippen LogP contribution >= 0.6 is 11.3 Å². The van der Waals surface area contributed by atoms with Crippen molar-refractivity contribution in [3.8, 4) is 16.3 Å². The molecule has 0 saturated carbocycles. The first-order valence-corrected chi connectivity index (χ1v) is 13.1. The molecule has 2 heterocycles. The van der Waals surface area contributed by atoms with Crippen molar-refractivity contribution in [1.82, 2.24) is 9.88 Å². The summed E-state index contributed by atoms with van der Waals surface area (Å²) < 4.78 is 5.49. The molecule has 1 aliphatic rings. The topological polar surface area (TPSA) is 71.5 Å². The molecule has 35 heavy (non-hydrogen) atoms. The van der Waals surface area contributed by atoms with Crippen molar-refractivity contribution in [1.29, 1.82) is 0 Å². The highest BCUT2D eigenvalue weighted by atomic mass is 32.1. The van der Waals surface area contributed by atoms with E-state index in [1.807, 2.05) is 60.5 Å². The molecule has 1 fully saturated rings. The van der Waals surface area contributed by atoms with Crippen LogP contribution in [0.3, 0.4) is 0 Å². The van der Waals surface area contributed by atoms with E-state index >= 15 is 0 Å². The molecule has 0 bridgehead atoms. The molecule has 1 saturated heterocycles. The lowest BCUT2D eigenvalue weighted by Crippen LogP contribution is -2.42. The molecular formula is C28H33N3O3S. The zero-order valence-electron chi connectivity index (χ0n) is 20.8. The van der Waals surface area contributed by atoms with Gasteiger partial charge < -0.3 is 15.0 Å². The number of anilines is 1. The lowest BCUT2D eigenvalue weighted by atomic mass is 9.91. The van der Waals surface area contributed by atoms with Crippen molar-refractivity contribution in [2.24, 2.45) is 11.8 Å². The maximum atomic E-state index is 13.1. The number of amides is 2. The van der Waals surface area contributed by atoms with Gasteiger partial charge in [-0.3, -0.25) is 9.59 Å². The van der Waals surface area contributed by atoms with Gasteiger partial charge in [0.25, 0.3) is 5.91 Å². The molecule has 4 rings (SSSR count). The third-order valence-electron chi connectivity index (χ3n) is 6.22. The molecule has 2 atom stereocenters. The molecule has 1 aromatic heterocycles. The number of carbonyl (C=O) groups excluding carboxylic acids is 2. The molecule has 2 aromatic carbocycles. The number of aromatic nitrogens is 1. The molecule has 184 valence electrons. The summed E-state index contributed by atoms with van der Waals surface area (Å²) in [6.07, 6.45) is 1.32. The minimum absolute atomic E-state index is 0.0263. The van der Waals surface area contributed by atoms with Crippen LogP contribution in [-0.4, -0.2) is 41.4 Å². The number of nitrogens with zero attached hydrogens (tertiary/aromatic N) is 2. The first-order valence-electron chi connectivity index (χ1n) is 12.2. The van der Waals surface area contributed by atoms with E-state index in [2.05, 4.69) is 24.1 Å². The fourth-order valence-corrected chi connectivity index (χ4v) is 5.47. The number of aryl methyl sites for hydroxylation is 1. The second kappa shape index (κ2) is 11.0. The second-order valence-electron chi connectivity index (χ2n) is 9.51. The Balaban J connectivity index is 1.41. The smallest absolute Gasteiger partial charge is 0.253 e. The van der Waals surface area contributed by atoms with Crippen molar-refractivity contribution < 1.29 is 14.3 Å². The van der Waals surface area contributed by atoms with Gasteiger partial charge in [-0.25, -0.2) is 4.98 Å². The van der Waals surface area contributed by atoms with Gasteiger partial charge in [0, 0.05) is 35.3 Å². The Kier molecular flexibility index (Phi) is 7.86. The van der Waals surface area contributed by atoms with Crippen molar-refractivity contribution in [3.63, 3.8) is 0 Å². The predicted molar refractivity (Wildman–Crippen MR) is 141 cm³/mol. The number of carbonyl (C=O) groups is 2. The molecule has 1 aliphatic heterocycles. The Morgan fingerprint density at radius 2 is 1.83 bits per heavy atom. The first-order chi connectivity index (χ1) is 16.8. The Morgan fingerprint density at radius 3 is 2.51 bits per heavy atom. The number of rotatable bonds is 7. The quantitative estimate of drug-likeness (QED) is 0.452. The molecule has 3 aromatic rings. The van der Waals surface area contributed by atoms with E-state index < -0.39 is 0 Å². The Bertz CT molecular complexity index is 1180. The highest BCUT2D eigenvalue weighted by Crippen LogP contribution is 2.27. The number of piperidine rings is 1. The van der Waals surface area contributed by atoms with E-state index in [-0.39, 0.29) is 18.2 Å². The minimum atomic E-state index is -0.151. The molecule has 0 aliphatic carbocycles. The van der Waals surface area contributed by atoms with E-state index in [1.165, 1.54) is 11.3 Å². The fraction of sp³-hybridized carbons (Fsp3) is 0.393. The van der Waals surface area contributed by atoms with Gasteiger partial charge in [-0.05, 0) is 74.1 Å². The summed E-state index contributed by atoms with van der Waals surface area (Å²) >= 11 is 1.51. The normalized spacial score (nSPS) is 17.8. The number of nitrogens with one attached hydrogen (secondary N) is 1. The molecule has 0 spiro atoms. The summed E-state index contributed by atoms with van der Waals surface area (Å²) in [6, 6.07) is 13.3. The SMILES string of the molecule is CCOc1ccc(-c2nc(CC(=O)Nc3cc(C(=O)N4CC(C)CC(C)C4)ccc3C)cs2)cc1. The third kappa shape index (κ3) is 6.28. The van der Waals surface area contributed by atoms with E-state index in [1.54, 1.807) is 6.07 Å². The minimum Gasteiger partial charge on any atom is -0.494 e. The van der Waals surface area contributed by atoms with Crippen molar-refractivity contribution in [2.45, 2.75) is 40.5 Å². The highest BCUT2D eigenvalue weighted by molar-refractivity contribution is 7.13. The lowest BCUT2D eigenvalue weighted by molar-refractivity contribution is -0.115. The van der Waals surface area contributed by atoms with E-state index in [0.29, 0.717) is 29.7 Å². The molecule has 0 radical (unpaired) electrons. The van der Waals surface area contributed by atoms with Crippen LogP contribution in [0.15, 0.2) is 47.8 Å². The zero-order chi connectivity index (χ0) is 24.9. The van der Waals surface area contributed by atoms with Gasteiger partial charge >= 0.3 is 0 Å². The standard InChI is InChI=1S/C28H33N3O3S/c1-5-34-24-10-8-21(9-11-24)27-29-23(17-35-27)14-26(32)30-25-13-22(7-6-20(25)4)28(33)31-15-18(2)12-19(3)16-31/h6-11,13,17-19H,5,12,14-16H2,1-4H3,(H,30,32). The van der Waals surface area contributed by atoms with E-state index in [9.17, 15) is 9.59 Å². The van der Waals surface area contributed by atoms with Gasteiger partial charge in [-0.1, -0.05) is 19.9 Å². The summed E-state index contributed by atoms with van der Waals surface area (Å²) in [5.41, 5.74) is 3.91. The van der Waals surface area contributed by atoms with Gasteiger partial charge in [0.05, 0.1) is 18.7 Å². The van der Waals surface area contributed by atoms with Gasteiger partial charge in [0.1, 0.15) is 10.8 Å². The summed E-state index contributed by atoms with van der Waals surface area (Å²) in [7, 11) is 0. The average Bonchev–Trinajstić information content (AvgIpc) is 3.28. The van der Waals surface area contributed by atoms with Crippen LogP contribution in [0.4, 0.5) is 5.69 Å². The van der Waals surface area contributed by atoms with Crippen molar-refractivity contribution in [3.05, 3.63) is 64.7 Å². The van der Waals surface area contributed by atoms with Gasteiger partial charge in [0.2, 0.25) is 5.91 Å². The van der Waals surface area contributed by atoms with Gasteiger partial charge in [-0.2, -0.15) is 0 Å². The molecule has 2 amide bonds. The van der Waals surface area contributed by atoms with E-state index in [4.69, 9.17) is 4.74 Å². The second-order valence-corrected chi connectivity index (χ2v) is 10.4. The number of hydrogen-bond donors (Lipinski definition) is 1. The van der Waals surface area contributed by atoms with Crippen LogP contribution in [0.1, 0.15) is 48.8 Å². The molecular weight excluding hydrogens is 458 g/mol. The number of benzene rings is 2. The number of thiazole rings is 1. The third-order valence-corrected chi connectivity index (χ3v) is 7.16. The predicted octanol–water partition coefficient (Wildman–Crippen LogP) is 5.82. The molecule has 6 nitrogen and oxygen atoms in total. The maximum absolute atomic E-state index is 13.1. The van der Waals surface area contributed by atoms with Crippen LogP contribution in [0.25, 0.3) is 10.6 Å². The van der Waals surface area contributed by atoms with Gasteiger partial charge in [0.15, 0.2) is 0 Å². The molecule has 2 unspecified atom stereocenters. The highest BCUT2D eigenvalue weighted by Gasteiger charge is 2.26. The Labute approximate surface area is 211 Å². The molecule has 1 N–H and O–H groups in total. The van der Waals surface area contributed by atoms with Gasteiger partial charge in [-0.15, -0.1) is 11.3 Å². The lowest BCUT2D eigenvalue weighted by Gasteiger charge is -2.35. The average molecular weight is 492 g/mol. The largest absolute Gasteiger partial charge is 0.494 e. The summed E-state index contributed by atoms with van der Waals surface area (Å²) in [5.74, 6) is 1.70. The molecule has 7 heteroatoms.